The summed E-state index contributed by atoms with van der Waals surface area (Å²) in [6, 6.07) is 18.1. The Morgan fingerprint density at radius 1 is 0.955 bits per heavy atom. The standard InChI is InChI=1S/C18H19NO3/c19-12-16(18(21)22)15(13-7-3-1-4-8-13)11-17(20)14-9-5-2-6-10-14/h1-10,15-16H,11-12,19H2,(H,21,22)/t15-,16-/m0/s1. The highest BCUT2D eigenvalue weighted by Crippen LogP contribution is 2.29. The molecule has 2 atom stereocenters. The Bertz CT molecular complexity index is 625. The number of carboxylic acid groups (broad SMARTS) is 1. The number of Topliss-reactive ketones (excluding diaryl/α,β-unsaturated/α-hetero) is 1. The van der Waals surface area contributed by atoms with Gasteiger partial charge in [-0.15, -0.1) is 0 Å². The molecule has 2 aromatic carbocycles. The summed E-state index contributed by atoms with van der Waals surface area (Å²) in [5.41, 5.74) is 5.11. The summed E-state index contributed by atoms with van der Waals surface area (Å²) in [6.07, 6.45) is 0.127. The van der Waals surface area contributed by atoms with Crippen molar-refractivity contribution in [3.05, 3.63) is 71.8 Å². The molecule has 2 rings (SSSR count). The summed E-state index contributed by atoms with van der Waals surface area (Å²) in [6.45, 7) is 0.184. The highest BCUT2D eigenvalue weighted by Gasteiger charge is 2.27. The van der Waals surface area contributed by atoms with Crippen LogP contribution in [-0.2, 0) is 4.79 Å². The highest BCUT2D eigenvalue weighted by atomic mass is 16.4. The number of carboxylic acids is 1. The maximum absolute atomic E-state index is 12.4. The highest BCUT2D eigenvalue weighted by molar-refractivity contribution is 5.96. The number of ketones is 1. The van der Waals surface area contributed by atoms with Gasteiger partial charge >= 0.3 is 0 Å². The number of quaternary nitrogens is 1. The van der Waals surface area contributed by atoms with E-state index in [2.05, 4.69) is 5.73 Å². The van der Waals surface area contributed by atoms with E-state index < -0.39 is 17.8 Å². The Kier molecular flexibility index (Phi) is 5.44. The molecule has 0 fully saturated rings. The number of hydrogen-bond acceptors (Lipinski definition) is 3. The summed E-state index contributed by atoms with van der Waals surface area (Å²) in [5.74, 6) is -2.45. The van der Waals surface area contributed by atoms with Crippen molar-refractivity contribution in [2.45, 2.75) is 12.3 Å². The molecule has 0 amide bonds. The van der Waals surface area contributed by atoms with E-state index in [4.69, 9.17) is 0 Å². The van der Waals surface area contributed by atoms with E-state index in [0.29, 0.717) is 5.56 Å². The molecular formula is C18H19NO3. The molecule has 0 aliphatic rings. The molecule has 3 N–H and O–H groups in total. The lowest BCUT2D eigenvalue weighted by Crippen LogP contribution is -2.58. The van der Waals surface area contributed by atoms with Gasteiger partial charge in [-0.1, -0.05) is 60.7 Å². The van der Waals surface area contributed by atoms with E-state index in [9.17, 15) is 14.7 Å². The van der Waals surface area contributed by atoms with Crippen molar-refractivity contribution >= 4 is 11.8 Å². The summed E-state index contributed by atoms with van der Waals surface area (Å²) >= 11 is 0. The number of rotatable bonds is 7. The van der Waals surface area contributed by atoms with Crippen LogP contribution in [0.4, 0.5) is 0 Å². The quantitative estimate of drug-likeness (QED) is 0.762. The zero-order chi connectivity index (χ0) is 15.9. The van der Waals surface area contributed by atoms with Crippen LogP contribution in [0.5, 0.6) is 0 Å². The van der Waals surface area contributed by atoms with E-state index >= 15 is 0 Å². The molecule has 0 bridgehead atoms. The van der Waals surface area contributed by atoms with Crippen LogP contribution in [0.2, 0.25) is 0 Å². The smallest absolute Gasteiger partial charge is 0.163 e. The fourth-order valence-corrected chi connectivity index (χ4v) is 2.62. The third kappa shape index (κ3) is 3.80. The van der Waals surface area contributed by atoms with Gasteiger partial charge < -0.3 is 15.6 Å². The van der Waals surface area contributed by atoms with Gasteiger partial charge in [-0.25, -0.2) is 0 Å². The average molecular weight is 297 g/mol. The molecule has 0 aliphatic heterocycles. The monoisotopic (exact) mass is 297 g/mol. The van der Waals surface area contributed by atoms with Gasteiger partial charge in [-0.05, 0) is 5.56 Å². The Labute approximate surface area is 129 Å². The van der Waals surface area contributed by atoms with E-state index in [1.165, 1.54) is 0 Å². The molecule has 0 saturated heterocycles. The van der Waals surface area contributed by atoms with Crippen LogP contribution in [0.15, 0.2) is 60.7 Å². The molecule has 4 heteroatoms. The molecule has 0 unspecified atom stereocenters. The first-order chi connectivity index (χ1) is 10.6. The summed E-state index contributed by atoms with van der Waals surface area (Å²) in [7, 11) is 0. The number of carbonyl (C=O) groups is 2. The van der Waals surface area contributed by atoms with Crippen molar-refractivity contribution < 1.29 is 20.4 Å². The third-order valence-corrected chi connectivity index (χ3v) is 3.83. The number of benzene rings is 2. The molecule has 0 saturated carbocycles. The predicted molar refractivity (Wildman–Crippen MR) is 80.8 cm³/mol. The van der Waals surface area contributed by atoms with Gasteiger partial charge in [0.2, 0.25) is 0 Å². The zero-order valence-electron chi connectivity index (χ0n) is 12.3. The van der Waals surface area contributed by atoms with Gasteiger partial charge in [0.05, 0.1) is 18.4 Å². The molecule has 2 aromatic rings. The van der Waals surface area contributed by atoms with Crippen molar-refractivity contribution in [1.82, 2.24) is 0 Å². The van der Waals surface area contributed by atoms with Crippen molar-refractivity contribution in [1.29, 1.82) is 0 Å². The van der Waals surface area contributed by atoms with E-state index in [1.807, 2.05) is 36.4 Å². The second-order valence-electron chi connectivity index (χ2n) is 5.22. The fraction of sp³-hybridized carbons (Fsp3) is 0.222. The van der Waals surface area contributed by atoms with Crippen LogP contribution in [0.3, 0.4) is 0 Å². The van der Waals surface area contributed by atoms with Gasteiger partial charge in [0.15, 0.2) is 5.78 Å². The Hall–Kier alpha value is -2.46. The van der Waals surface area contributed by atoms with Gasteiger partial charge in [-0.2, -0.15) is 0 Å². The van der Waals surface area contributed by atoms with Crippen LogP contribution >= 0.6 is 0 Å². The van der Waals surface area contributed by atoms with Crippen LogP contribution in [0.25, 0.3) is 0 Å². The summed E-state index contributed by atoms with van der Waals surface area (Å²) in [5, 5.41) is 11.4. The molecule has 0 spiro atoms. The Morgan fingerprint density at radius 2 is 1.50 bits per heavy atom. The maximum atomic E-state index is 12.4. The molecule has 0 aliphatic carbocycles. The van der Waals surface area contributed by atoms with E-state index in [0.717, 1.165) is 5.56 Å². The van der Waals surface area contributed by atoms with Gasteiger partial charge in [0, 0.05) is 17.9 Å². The van der Waals surface area contributed by atoms with E-state index in [1.54, 1.807) is 24.3 Å². The van der Waals surface area contributed by atoms with Crippen LogP contribution in [0.1, 0.15) is 28.3 Å². The van der Waals surface area contributed by atoms with Gasteiger partial charge in [0.1, 0.15) is 0 Å². The number of hydrogen-bond donors (Lipinski definition) is 1. The average Bonchev–Trinajstić information content (AvgIpc) is 2.55. The normalized spacial score (nSPS) is 13.3. The molecular weight excluding hydrogens is 278 g/mol. The van der Waals surface area contributed by atoms with Crippen molar-refractivity contribution in [2.24, 2.45) is 5.92 Å². The van der Waals surface area contributed by atoms with Gasteiger partial charge in [-0.3, -0.25) is 4.79 Å². The molecule has 0 radical (unpaired) electrons. The largest absolute Gasteiger partial charge is 0.550 e. The summed E-state index contributed by atoms with van der Waals surface area (Å²) in [4.78, 5) is 23.8. The molecule has 4 nitrogen and oxygen atoms in total. The van der Waals surface area contributed by atoms with Crippen molar-refractivity contribution in [3.63, 3.8) is 0 Å². The molecule has 114 valence electrons. The lowest BCUT2D eigenvalue weighted by Gasteiger charge is -2.25. The predicted octanol–water partition coefficient (Wildman–Crippen LogP) is 0.651. The summed E-state index contributed by atoms with van der Waals surface area (Å²) < 4.78 is 0. The van der Waals surface area contributed by atoms with E-state index in [-0.39, 0.29) is 18.7 Å². The third-order valence-electron chi connectivity index (χ3n) is 3.83. The first kappa shape index (κ1) is 15.9. The van der Waals surface area contributed by atoms with Crippen LogP contribution in [0, 0.1) is 5.92 Å². The maximum Gasteiger partial charge on any atom is 0.163 e. The first-order valence-corrected chi connectivity index (χ1v) is 7.26. The minimum atomic E-state index is -1.16. The lowest BCUT2D eigenvalue weighted by atomic mass is 9.81. The molecule has 0 aromatic heterocycles. The van der Waals surface area contributed by atoms with Crippen molar-refractivity contribution in [2.75, 3.05) is 6.54 Å². The molecule has 22 heavy (non-hydrogen) atoms. The lowest BCUT2D eigenvalue weighted by molar-refractivity contribution is -0.388. The van der Waals surface area contributed by atoms with Crippen LogP contribution < -0.4 is 10.8 Å². The van der Waals surface area contributed by atoms with Crippen molar-refractivity contribution in [3.8, 4) is 0 Å². The second kappa shape index (κ2) is 7.52. The molecule has 0 heterocycles. The van der Waals surface area contributed by atoms with Gasteiger partial charge in [0.25, 0.3) is 0 Å². The Balaban J connectivity index is 2.29. The first-order valence-electron chi connectivity index (χ1n) is 7.26. The SMILES string of the molecule is [NH3+]C[C@H](C(=O)[O-])[C@@H](CC(=O)c1ccccc1)c1ccccc1. The zero-order valence-corrected chi connectivity index (χ0v) is 12.3. The second-order valence-corrected chi connectivity index (χ2v) is 5.22. The fourth-order valence-electron chi connectivity index (χ4n) is 2.62. The minimum absolute atomic E-state index is 0.0749. The Morgan fingerprint density at radius 3 is 2.00 bits per heavy atom. The topological polar surface area (TPSA) is 84.8 Å². The minimum Gasteiger partial charge on any atom is -0.550 e. The number of aliphatic carboxylic acids is 1. The van der Waals surface area contributed by atoms with Crippen LogP contribution in [-0.4, -0.2) is 18.3 Å². The number of carbonyl (C=O) groups excluding carboxylic acids is 2.